The molecule has 0 amide bonds. The SMILES string of the molecule is COc1ccc2c(c1)-c1cc(OC)cc(I)c1C(=O)C2=O. The summed E-state index contributed by atoms with van der Waals surface area (Å²) in [6, 6.07) is 8.60. The fourth-order valence-corrected chi connectivity index (χ4v) is 3.29. The number of halogens is 1. The van der Waals surface area contributed by atoms with Crippen molar-refractivity contribution < 1.29 is 19.1 Å². The molecular formula is C16H11IO4. The van der Waals surface area contributed by atoms with E-state index >= 15 is 0 Å². The van der Waals surface area contributed by atoms with Gasteiger partial charge in [-0.3, -0.25) is 9.59 Å². The highest BCUT2D eigenvalue weighted by molar-refractivity contribution is 14.1. The maximum atomic E-state index is 12.3. The molecule has 2 aromatic carbocycles. The topological polar surface area (TPSA) is 52.6 Å². The van der Waals surface area contributed by atoms with E-state index in [0.717, 1.165) is 0 Å². The number of hydrogen-bond acceptors (Lipinski definition) is 4. The molecular weight excluding hydrogens is 383 g/mol. The van der Waals surface area contributed by atoms with Gasteiger partial charge in [-0.1, -0.05) is 0 Å². The fourth-order valence-electron chi connectivity index (χ4n) is 2.45. The molecule has 0 saturated heterocycles. The normalized spacial score (nSPS) is 12.7. The van der Waals surface area contributed by atoms with Gasteiger partial charge in [0.1, 0.15) is 11.5 Å². The summed E-state index contributed by atoms with van der Waals surface area (Å²) in [7, 11) is 3.13. The fraction of sp³-hybridized carbons (Fsp3) is 0.125. The number of fused-ring (bicyclic) bond motifs is 3. The Balaban J connectivity index is 2.37. The lowest BCUT2D eigenvalue weighted by Gasteiger charge is -2.20. The van der Waals surface area contributed by atoms with Crippen LogP contribution < -0.4 is 9.47 Å². The summed E-state index contributed by atoms with van der Waals surface area (Å²) in [5, 5.41) is 0. The average Bonchev–Trinajstić information content (AvgIpc) is 2.51. The van der Waals surface area contributed by atoms with Crippen molar-refractivity contribution in [2.45, 2.75) is 0 Å². The number of benzene rings is 2. The molecule has 1 aliphatic carbocycles. The van der Waals surface area contributed by atoms with Crippen LogP contribution in [0.15, 0.2) is 30.3 Å². The van der Waals surface area contributed by atoms with Crippen molar-refractivity contribution in [3.05, 3.63) is 45.0 Å². The van der Waals surface area contributed by atoms with Gasteiger partial charge >= 0.3 is 0 Å². The Kier molecular flexibility index (Phi) is 3.44. The maximum absolute atomic E-state index is 12.3. The molecule has 0 unspecified atom stereocenters. The van der Waals surface area contributed by atoms with Crippen LogP contribution in [0.2, 0.25) is 0 Å². The summed E-state index contributed by atoms with van der Waals surface area (Å²) >= 11 is 2.05. The molecule has 0 atom stereocenters. The summed E-state index contributed by atoms with van der Waals surface area (Å²) < 4.78 is 11.2. The van der Waals surface area contributed by atoms with Crippen LogP contribution in [0, 0.1) is 3.57 Å². The first-order valence-corrected chi connectivity index (χ1v) is 7.29. The zero-order valence-electron chi connectivity index (χ0n) is 11.4. The van der Waals surface area contributed by atoms with Gasteiger partial charge in [-0.25, -0.2) is 0 Å². The summed E-state index contributed by atoms with van der Waals surface area (Å²) in [4.78, 5) is 24.6. The van der Waals surface area contributed by atoms with E-state index in [0.29, 0.717) is 37.3 Å². The second-order valence-electron chi connectivity index (χ2n) is 4.60. The number of methoxy groups -OCH3 is 2. The zero-order valence-corrected chi connectivity index (χ0v) is 13.6. The molecule has 0 radical (unpaired) electrons. The van der Waals surface area contributed by atoms with Crippen LogP contribution in [0.25, 0.3) is 11.1 Å². The Labute approximate surface area is 135 Å². The summed E-state index contributed by atoms with van der Waals surface area (Å²) in [5.74, 6) is 0.326. The minimum atomic E-state index is -0.483. The van der Waals surface area contributed by atoms with Crippen molar-refractivity contribution in [1.82, 2.24) is 0 Å². The third-order valence-corrected chi connectivity index (χ3v) is 4.35. The van der Waals surface area contributed by atoms with Gasteiger partial charge in [-0.05, 0) is 64.0 Å². The van der Waals surface area contributed by atoms with Crippen molar-refractivity contribution in [2.75, 3.05) is 14.2 Å². The van der Waals surface area contributed by atoms with E-state index in [1.165, 1.54) is 0 Å². The van der Waals surface area contributed by atoms with Crippen LogP contribution in [0.5, 0.6) is 11.5 Å². The van der Waals surface area contributed by atoms with E-state index in [9.17, 15) is 9.59 Å². The molecule has 0 bridgehead atoms. The second kappa shape index (κ2) is 5.14. The Morgan fingerprint density at radius 3 is 2.14 bits per heavy atom. The standard InChI is InChI=1S/C16H11IO4/c1-20-8-3-4-10-11(5-8)12-6-9(21-2)7-13(17)14(12)16(19)15(10)18/h3-7H,1-2H3. The highest BCUT2D eigenvalue weighted by Gasteiger charge is 2.32. The predicted octanol–water partition coefficient (Wildman–Crippen LogP) is 3.35. The van der Waals surface area contributed by atoms with Crippen molar-refractivity contribution in [1.29, 1.82) is 0 Å². The Bertz CT molecular complexity index is 780. The van der Waals surface area contributed by atoms with Crippen molar-refractivity contribution in [3.63, 3.8) is 0 Å². The minimum absolute atomic E-state index is 0.400. The van der Waals surface area contributed by atoms with Crippen molar-refractivity contribution in [3.8, 4) is 22.6 Å². The quantitative estimate of drug-likeness (QED) is 0.579. The lowest BCUT2D eigenvalue weighted by molar-refractivity contribution is 0.0814. The van der Waals surface area contributed by atoms with Crippen LogP contribution in [0.1, 0.15) is 20.7 Å². The number of Topliss-reactive ketones (excluding diaryl/α,β-unsaturated/α-hetero) is 2. The van der Waals surface area contributed by atoms with Gasteiger partial charge in [0.25, 0.3) is 0 Å². The number of ether oxygens (including phenoxy) is 2. The third-order valence-electron chi connectivity index (χ3n) is 3.49. The lowest BCUT2D eigenvalue weighted by atomic mass is 9.83. The van der Waals surface area contributed by atoms with Crippen LogP contribution in [-0.4, -0.2) is 25.8 Å². The van der Waals surface area contributed by atoms with E-state index < -0.39 is 11.6 Å². The lowest BCUT2D eigenvalue weighted by Crippen LogP contribution is -2.22. The Hall–Kier alpha value is -1.89. The highest BCUT2D eigenvalue weighted by Crippen LogP contribution is 2.39. The first-order valence-electron chi connectivity index (χ1n) is 6.21. The Morgan fingerprint density at radius 2 is 1.48 bits per heavy atom. The van der Waals surface area contributed by atoms with Gasteiger partial charge in [0.2, 0.25) is 11.6 Å². The first kappa shape index (κ1) is 14.1. The number of carbonyl (C=O) groups is 2. The van der Waals surface area contributed by atoms with Gasteiger partial charge in [0, 0.05) is 14.7 Å². The van der Waals surface area contributed by atoms with Crippen LogP contribution in [-0.2, 0) is 0 Å². The van der Waals surface area contributed by atoms with E-state index in [2.05, 4.69) is 0 Å². The van der Waals surface area contributed by atoms with E-state index in [-0.39, 0.29) is 0 Å². The van der Waals surface area contributed by atoms with Crippen LogP contribution in [0.4, 0.5) is 0 Å². The highest BCUT2D eigenvalue weighted by atomic mass is 127. The Morgan fingerprint density at radius 1 is 0.810 bits per heavy atom. The molecule has 0 fully saturated rings. The molecule has 21 heavy (non-hydrogen) atoms. The molecule has 3 rings (SSSR count). The summed E-state index contributed by atoms with van der Waals surface area (Å²) in [5.41, 5.74) is 2.24. The number of carbonyl (C=O) groups excluding carboxylic acids is 2. The molecule has 0 heterocycles. The molecule has 0 aromatic heterocycles. The van der Waals surface area contributed by atoms with Crippen molar-refractivity contribution in [2.24, 2.45) is 0 Å². The summed E-state index contributed by atoms with van der Waals surface area (Å²) in [6.45, 7) is 0. The van der Waals surface area contributed by atoms with Gasteiger partial charge in [-0.2, -0.15) is 0 Å². The van der Waals surface area contributed by atoms with E-state index in [1.807, 2.05) is 22.6 Å². The molecule has 0 N–H and O–H groups in total. The molecule has 4 nitrogen and oxygen atoms in total. The summed E-state index contributed by atoms with van der Waals surface area (Å²) in [6.07, 6.45) is 0. The maximum Gasteiger partial charge on any atom is 0.235 e. The first-order chi connectivity index (χ1) is 10.1. The predicted molar refractivity (Wildman–Crippen MR) is 86.4 cm³/mol. The largest absolute Gasteiger partial charge is 0.497 e. The number of hydrogen-bond donors (Lipinski definition) is 0. The van der Waals surface area contributed by atoms with Crippen LogP contribution >= 0.6 is 22.6 Å². The van der Waals surface area contributed by atoms with Crippen LogP contribution in [0.3, 0.4) is 0 Å². The van der Waals surface area contributed by atoms with Gasteiger partial charge in [0.15, 0.2) is 0 Å². The second-order valence-corrected chi connectivity index (χ2v) is 5.76. The molecule has 1 aliphatic rings. The molecule has 0 spiro atoms. The van der Waals surface area contributed by atoms with Crippen molar-refractivity contribution >= 4 is 34.2 Å². The van der Waals surface area contributed by atoms with Gasteiger partial charge < -0.3 is 9.47 Å². The van der Waals surface area contributed by atoms with E-state index in [1.54, 1.807) is 44.6 Å². The van der Waals surface area contributed by atoms with Gasteiger partial charge in [0.05, 0.1) is 14.2 Å². The molecule has 2 aromatic rings. The van der Waals surface area contributed by atoms with E-state index in [4.69, 9.17) is 9.47 Å². The monoisotopic (exact) mass is 394 g/mol. The average molecular weight is 394 g/mol. The third kappa shape index (κ3) is 2.12. The molecule has 106 valence electrons. The number of rotatable bonds is 2. The molecule has 5 heteroatoms. The number of ketones is 2. The minimum Gasteiger partial charge on any atom is -0.497 e. The molecule has 0 saturated carbocycles. The van der Waals surface area contributed by atoms with Gasteiger partial charge in [-0.15, -0.1) is 0 Å². The molecule has 0 aliphatic heterocycles. The zero-order chi connectivity index (χ0) is 15.1. The smallest absolute Gasteiger partial charge is 0.235 e.